The number of thiazole rings is 1. The number of carbonyl (C=O) groups is 2. The summed E-state index contributed by atoms with van der Waals surface area (Å²) in [6, 6.07) is 13.0. The van der Waals surface area contributed by atoms with Crippen LogP contribution in [-0.4, -0.2) is 22.6 Å². The molecule has 1 heterocycles. The van der Waals surface area contributed by atoms with Crippen molar-refractivity contribution in [2.45, 2.75) is 18.7 Å². The first-order valence-corrected chi connectivity index (χ1v) is 9.58. The lowest BCUT2D eigenvalue weighted by molar-refractivity contribution is -0.114. The van der Waals surface area contributed by atoms with Gasteiger partial charge in [0.2, 0.25) is 5.91 Å². The number of fused-ring (bicyclic) bond motifs is 1. The fourth-order valence-electron chi connectivity index (χ4n) is 2.30. The van der Waals surface area contributed by atoms with Gasteiger partial charge in [-0.15, -0.1) is 11.8 Å². The number of aromatic nitrogens is 1. The van der Waals surface area contributed by atoms with Gasteiger partial charge < -0.3 is 5.32 Å². The van der Waals surface area contributed by atoms with Crippen LogP contribution in [0, 0.1) is 0 Å². The van der Waals surface area contributed by atoms with Crippen molar-refractivity contribution in [2.24, 2.45) is 0 Å². The molecule has 128 valence electrons. The van der Waals surface area contributed by atoms with Gasteiger partial charge in [-0.2, -0.15) is 0 Å². The zero-order valence-electron chi connectivity index (χ0n) is 13.8. The second-order valence-electron chi connectivity index (χ2n) is 5.29. The van der Waals surface area contributed by atoms with Gasteiger partial charge in [0.25, 0.3) is 5.91 Å². The Hall–Kier alpha value is -2.38. The molecule has 0 fully saturated rings. The molecule has 3 aromatic rings. The minimum absolute atomic E-state index is 0.123. The Balaban J connectivity index is 1.75. The Morgan fingerprint density at radius 3 is 2.56 bits per heavy atom. The van der Waals surface area contributed by atoms with Crippen LogP contribution in [0.2, 0.25) is 0 Å². The van der Waals surface area contributed by atoms with E-state index in [0.717, 1.165) is 20.9 Å². The third kappa shape index (κ3) is 4.37. The maximum atomic E-state index is 12.4. The third-order valence-corrected chi connectivity index (χ3v) is 5.18. The normalized spacial score (nSPS) is 10.6. The fourth-order valence-corrected chi connectivity index (χ4v) is 3.86. The summed E-state index contributed by atoms with van der Waals surface area (Å²) >= 11 is 3.11. The number of anilines is 2. The van der Waals surface area contributed by atoms with E-state index in [-0.39, 0.29) is 11.8 Å². The van der Waals surface area contributed by atoms with Gasteiger partial charge in [-0.05, 0) is 48.2 Å². The van der Waals surface area contributed by atoms with Gasteiger partial charge in [0.05, 0.1) is 10.2 Å². The summed E-state index contributed by atoms with van der Waals surface area (Å²) in [6.07, 6.45) is 0. The van der Waals surface area contributed by atoms with Gasteiger partial charge in [-0.3, -0.25) is 14.9 Å². The molecule has 0 saturated heterocycles. The van der Waals surface area contributed by atoms with E-state index in [1.807, 2.05) is 36.4 Å². The van der Waals surface area contributed by atoms with E-state index in [1.54, 1.807) is 17.8 Å². The van der Waals surface area contributed by atoms with E-state index in [4.69, 9.17) is 0 Å². The van der Waals surface area contributed by atoms with E-state index >= 15 is 0 Å². The van der Waals surface area contributed by atoms with Crippen molar-refractivity contribution >= 4 is 55.9 Å². The van der Waals surface area contributed by atoms with Gasteiger partial charge in [0.1, 0.15) is 0 Å². The molecule has 2 N–H and O–H groups in total. The third-order valence-electron chi connectivity index (χ3n) is 3.36. The summed E-state index contributed by atoms with van der Waals surface area (Å²) in [6.45, 7) is 3.56. The summed E-state index contributed by atoms with van der Waals surface area (Å²) in [5.41, 5.74) is 2.09. The van der Waals surface area contributed by atoms with Crippen LogP contribution in [0.25, 0.3) is 10.2 Å². The molecule has 0 aliphatic carbocycles. The average molecular weight is 371 g/mol. The highest BCUT2D eigenvalue weighted by Crippen LogP contribution is 2.29. The lowest BCUT2D eigenvalue weighted by atomic mass is 10.2. The number of thioether (sulfide) groups is 1. The first kappa shape index (κ1) is 17.4. The molecule has 0 saturated carbocycles. The first-order chi connectivity index (χ1) is 12.0. The monoisotopic (exact) mass is 371 g/mol. The van der Waals surface area contributed by atoms with Crippen molar-refractivity contribution in [3.05, 3.63) is 48.0 Å². The van der Waals surface area contributed by atoms with Gasteiger partial charge in [0.15, 0.2) is 5.13 Å². The van der Waals surface area contributed by atoms with Crippen molar-refractivity contribution in [3.63, 3.8) is 0 Å². The molecule has 2 amide bonds. The Bertz CT molecular complexity index is 920. The number of nitrogens with one attached hydrogen (secondary N) is 2. The Morgan fingerprint density at radius 2 is 1.88 bits per heavy atom. The molecule has 1 aromatic heterocycles. The smallest absolute Gasteiger partial charge is 0.257 e. The lowest BCUT2D eigenvalue weighted by Gasteiger charge is -2.03. The average Bonchev–Trinajstić information content (AvgIpc) is 2.96. The molecule has 2 aromatic carbocycles. The van der Waals surface area contributed by atoms with Crippen molar-refractivity contribution in [2.75, 3.05) is 16.4 Å². The van der Waals surface area contributed by atoms with E-state index in [0.29, 0.717) is 16.4 Å². The maximum Gasteiger partial charge on any atom is 0.257 e. The van der Waals surface area contributed by atoms with Crippen molar-refractivity contribution < 1.29 is 9.59 Å². The second-order valence-corrected chi connectivity index (χ2v) is 7.66. The molecular weight excluding hydrogens is 354 g/mol. The summed E-state index contributed by atoms with van der Waals surface area (Å²) in [5, 5.41) is 6.11. The molecular formula is C18H17N3O2S2. The minimum Gasteiger partial charge on any atom is -0.326 e. The molecule has 0 atom stereocenters. The standard InChI is InChI=1S/C18H17N3O2S2/c1-3-24-14-7-4-12(5-8-14)17(23)21-18-20-15-9-6-13(19-11(2)22)10-16(15)25-18/h4-10H,3H2,1-2H3,(H,19,22)(H,20,21,23). The Labute approximate surface area is 153 Å². The quantitative estimate of drug-likeness (QED) is 0.642. The topological polar surface area (TPSA) is 71.1 Å². The predicted molar refractivity (Wildman–Crippen MR) is 105 cm³/mol. The molecule has 3 rings (SSSR count). The largest absolute Gasteiger partial charge is 0.326 e. The number of carbonyl (C=O) groups excluding carboxylic acids is 2. The number of hydrogen-bond donors (Lipinski definition) is 2. The fraction of sp³-hybridized carbons (Fsp3) is 0.167. The van der Waals surface area contributed by atoms with Gasteiger partial charge in [0, 0.05) is 23.1 Å². The van der Waals surface area contributed by atoms with Crippen LogP contribution in [0.4, 0.5) is 10.8 Å². The number of rotatable bonds is 5. The summed E-state index contributed by atoms with van der Waals surface area (Å²) in [4.78, 5) is 29.1. The predicted octanol–water partition coefficient (Wildman–Crippen LogP) is 4.62. The molecule has 0 radical (unpaired) electrons. The number of hydrogen-bond acceptors (Lipinski definition) is 5. The molecule has 5 nitrogen and oxygen atoms in total. The van der Waals surface area contributed by atoms with E-state index < -0.39 is 0 Å². The molecule has 0 unspecified atom stereocenters. The van der Waals surface area contributed by atoms with Gasteiger partial charge in [-0.1, -0.05) is 18.3 Å². The highest BCUT2D eigenvalue weighted by Gasteiger charge is 2.10. The minimum atomic E-state index is -0.186. The van der Waals surface area contributed by atoms with Crippen LogP contribution in [0.15, 0.2) is 47.4 Å². The molecule has 0 spiro atoms. The van der Waals surface area contributed by atoms with Crippen LogP contribution in [0.3, 0.4) is 0 Å². The van der Waals surface area contributed by atoms with Crippen LogP contribution in [0.1, 0.15) is 24.2 Å². The van der Waals surface area contributed by atoms with Crippen LogP contribution >= 0.6 is 23.1 Å². The van der Waals surface area contributed by atoms with Crippen molar-refractivity contribution in [3.8, 4) is 0 Å². The van der Waals surface area contributed by atoms with E-state index in [1.165, 1.54) is 18.3 Å². The lowest BCUT2D eigenvalue weighted by Crippen LogP contribution is -2.11. The number of amides is 2. The number of benzene rings is 2. The Morgan fingerprint density at radius 1 is 1.12 bits per heavy atom. The van der Waals surface area contributed by atoms with E-state index in [2.05, 4.69) is 22.5 Å². The molecule has 7 heteroatoms. The van der Waals surface area contributed by atoms with Crippen LogP contribution < -0.4 is 10.6 Å². The van der Waals surface area contributed by atoms with Crippen LogP contribution in [0.5, 0.6) is 0 Å². The zero-order chi connectivity index (χ0) is 17.8. The van der Waals surface area contributed by atoms with Crippen molar-refractivity contribution in [1.82, 2.24) is 4.98 Å². The molecule has 0 aliphatic rings. The molecule has 0 bridgehead atoms. The number of nitrogens with zero attached hydrogens (tertiary/aromatic N) is 1. The van der Waals surface area contributed by atoms with Gasteiger partial charge >= 0.3 is 0 Å². The zero-order valence-corrected chi connectivity index (χ0v) is 15.5. The second kappa shape index (κ2) is 7.67. The maximum absolute atomic E-state index is 12.4. The van der Waals surface area contributed by atoms with E-state index in [9.17, 15) is 9.59 Å². The highest BCUT2D eigenvalue weighted by molar-refractivity contribution is 7.99. The summed E-state index contributed by atoms with van der Waals surface area (Å²) in [7, 11) is 0. The Kier molecular flexibility index (Phi) is 5.35. The van der Waals surface area contributed by atoms with Crippen LogP contribution in [-0.2, 0) is 4.79 Å². The highest BCUT2D eigenvalue weighted by atomic mass is 32.2. The molecule has 0 aliphatic heterocycles. The van der Waals surface area contributed by atoms with Crippen molar-refractivity contribution in [1.29, 1.82) is 0 Å². The first-order valence-electron chi connectivity index (χ1n) is 7.77. The molecule has 25 heavy (non-hydrogen) atoms. The summed E-state index contributed by atoms with van der Waals surface area (Å²) in [5.74, 6) is 0.689. The summed E-state index contributed by atoms with van der Waals surface area (Å²) < 4.78 is 0.899. The SMILES string of the molecule is CCSc1ccc(C(=O)Nc2nc3ccc(NC(C)=O)cc3s2)cc1. The van der Waals surface area contributed by atoms with Gasteiger partial charge in [-0.25, -0.2) is 4.98 Å².